The molecule has 3 aliphatic heterocycles. The summed E-state index contributed by atoms with van der Waals surface area (Å²) in [7, 11) is 0. The zero-order valence-electron chi connectivity index (χ0n) is 43.5. The van der Waals surface area contributed by atoms with Crippen LogP contribution in [-0.4, -0.2) is 117 Å². The molecule has 416 valence electrons. The van der Waals surface area contributed by atoms with Crippen LogP contribution in [0.2, 0.25) is 0 Å². The van der Waals surface area contributed by atoms with E-state index in [2.05, 4.69) is 5.92 Å². The predicted molar refractivity (Wildman–Crippen MR) is 287 cm³/mol. The van der Waals surface area contributed by atoms with Crippen LogP contribution in [0.3, 0.4) is 0 Å². The number of carbonyl (C=O) groups is 6. The summed E-state index contributed by atoms with van der Waals surface area (Å²) in [5, 5.41) is 0. The normalized spacial score (nSPS) is 24.5. The number of terminal acetylenes is 1. The Hall–Kier alpha value is -9.32. The van der Waals surface area contributed by atoms with E-state index in [0.29, 0.717) is 5.56 Å². The van der Waals surface area contributed by atoms with Gasteiger partial charge < -0.3 is 52.1 Å². The van der Waals surface area contributed by atoms with Crippen LogP contribution in [0.15, 0.2) is 212 Å². The van der Waals surface area contributed by atoms with E-state index in [9.17, 15) is 28.8 Å². The summed E-state index contributed by atoms with van der Waals surface area (Å²) in [5.74, 6) is -5.10. The molecule has 7 aromatic rings. The first-order valence-electron chi connectivity index (χ1n) is 26.0. The number of ether oxygens (including phenoxy) is 12. The molecule has 0 radical (unpaired) electrons. The Morgan fingerprint density at radius 2 is 0.756 bits per heavy atom. The summed E-state index contributed by atoms with van der Waals surface area (Å²) in [6, 6.07) is 55.9. The van der Waals surface area contributed by atoms with Crippen molar-refractivity contribution in [2.45, 2.75) is 67.4 Å². The number of hydrogen-bond acceptors (Lipinski definition) is 18. The van der Waals surface area contributed by atoms with Gasteiger partial charge >= 0.3 is 41.8 Å². The maximum atomic E-state index is 14.6. The van der Waals surface area contributed by atoms with Crippen LogP contribution in [0.1, 0.15) is 67.7 Å². The van der Waals surface area contributed by atoms with Gasteiger partial charge in [0.25, 0.3) is 0 Å². The van der Waals surface area contributed by atoms with E-state index in [4.69, 9.17) is 63.3 Å². The average Bonchev–Trinajstić information content (AvgIpc) is 3.98. The van der Waals surface area contributed by atoms with Crippen LogP contribution in [-0.2, 0) is 62.8 Å². The van der Waals surface area contributed by atoms with E-state index in [1.54, 1.807) is 140 Å². The second-order valence-electron chi connectivity index (χ2n) is 18.7. The number of esters is 6. The lowest BCUT2D eigenvalue weighted by Crippen LogP contribution is -2.66. The van der Waals surface area contributed by atoms with Gasteiger partial charge in [0.05, 0.1) is 33.4 Å². The Morgan fingerprint density at radius 1 is 0.402 bits per heavy atom. The number of hydrogen-bond donors (Lipinski definition) is 0. The molecule has 0 saturated carbocycles. The minimum absolute atomic E-state index is 0.0241. The fourth-order valence-corrected chi connectivity index (χ4v) is 9.33. The van der Waals surface area contributed by atoms with Gasteiger partial charge in [-0.05, 0) is 72.8 Å². The maximum Gasteiger partial charge on any atom is 0.338 e. The van der Waals surface area contributed by atoms with Gasteiger partial charge in [0.15, 0.2) is 43.1 Å². The van der Waals surface area contributed by atoms with Crippen LogP contribution in [0.5, 0.6) is 0 Å². The Kier molecular flexibility index (Phi) is 18.0. The van der Waals surface area contributed by atoms with Gasteiger partial charge in [-0.3, -0.25) is 4.74 Å². The van der Waals surface area contributed by atoms with Gasteiger partial charge in [-0.15, -0.1) is 6.42 Å². The number of fused-ring (bicyclic) bond motifs is 1. The summed E-state index contributed by atoms with van der Waals surface area (Å²) in [6.07, 6.45) is -11.4. The van der Waals surface area contributed by atoms with Gasteiger partial charge in [-0.2, -0.15) is 0 Å². The summed E-state index contributed by atoms with van der Waals surface area (Å²) in [6.45, 7) is -1.70. The first-order chi connectivity index (χ1) is 40.1. The molecule has 0 aromatic heterocycles. The quantitative estimate of drug-likeness (QED) is 0.0423. The van der Waals surface area contributed by atoms with Crippen LogP contribution in [0.25, 0.3) is 0 Å². The molecule has 7 aromatic carbocycles. The fraction of sp³-hybridized carbons (Fsp3) is 0.219. The van der Waals surface area contributed by atoms with Gasteiger partial charge in [-0.25, -0.2) is 28.8 Å². The Morgan fingerprint density at radius 3 is 1.17 bits per heavy atom. The third kappa shape index (κ3) is 13.1. The highest BCUT2D eigenvalue weighted by Gasteiger charge is 2.63. The Balaban J connectivity index is 1.12. The van der Waals surface area contributed by atoms with Crippen molar-refractivity contribution in [3.63, 3.8) is 0 Å². The van der Waals surface area contributed by atoms with Gasteiger partial charge in [0.1, 0.15) is 38.1 Å². The van der Waals surface area contributed by atoms with Crippen LogP contribution >= 0.6 is 0 Å². The molecule has 0 spiro atoms. The topological polar surface area (TPSA) is 213 Å². The summed E-state index contributed by atoms with van der Waals surface area (Å²) in [4.78, 5) is 85.6. The van der Waals surface area contributed by atoms with Gasteiger partial charge in [0, 0.05) is 5.56 Å². The molecule has 3 saturated heterocycles. The van der Waals surface area contributed by atoms with E-state index in [-0.39, 0.29) is 40.0 Å². The van der Waals surface area contributed by atoms with Gasteiger partial charge in [-0.1, -0.05) is 145 Å². The first kappa shape index (κ1) is 56.0. The molecule has 11 atom stereocenters. The van der Waals surface area contributed by atoms with Crippen molar-refractivity contribution in [2.75, 3.05) is 19.8 Å². The SMILES string of the molecule is C#CCOC1(c2ccccc2)O[C@H]2O[C@H](COC(=O)c3ccccc3)[C@@H](O[C@@H]3O[C@H](COC(=O)c4ccccc4)[C@@H](OC(=O)c4ccccc4)[C@H](OC(=O)c4ccccc4)[C@H]3OC(=O)c3ccccc3)[C@H](OC(=O)c3ccccc3)[C@H]2O1. The largest absolute Gasteiger partial charge is 0.459 e. The molecule has 18 heteroatoms. The minimum Gasteiger partial charge on any atom is -0.459 e. The summed E-state index contributed by atoms with van der Waals surface area (Å²) in [5.41, 5.74) is 0.843. The monoisotopic (exact) mass is 1110 g/mol. The lowest BCUT2D eigenvalue weighted by Gasteiger charge is -2.47. The predicted octanol–water partition coefficient (Wildman–Crippen LogP) is 8.31. The molecule has 0 bridgehead atoms. The molecule has 0 N–H and O–H groups in total. The zero-order chi connectivity index (χ0) is 56.8. The van der Waals surface area contributed by atoms with E-state index < -0.39 is 116 Å². The maximum absolute atomic E-state index is 14.6. The molecule has 3 heterocycles. The molecule has 3 aliphatic rings. The number of benzene rings is 7. The number of carbonyl (C=O) groups excluding carboxylic acids is 6. The van der Waals surface area contributed by atoms with Crippen LogP contribution < -0.4 is 0 Å². The summed E-state index contributed by atoms with van der Waals surface area (Å²) >= 11 is 0. The highest BCUT2D eigenvalue weighted by atomic mass is 16.9. The summed E-state index contributed by atoms with van der Waals surface area (Å²) < 4.78 is 77.1. The van der Waals surface area contributed by atoms with Crippen molar-refractivity contribution in [3.8, 4) is 12.3 Å². The third-order valence-electron chi connectivity index (χ3n) is 13.3. The van der Waals surface area contributed by atoms with E-state index in [1.807, 2.05) is 0 Å². The molecule has 18 nitrogen and oxygen atoms in total. The van der Waals surface area contributed by atoms with Crippen molar-refractivity contribution >= 4 is 35.8 Å². The second-order valence-corrected chi connectivity index (χ2v) is 18.7. The zero-order valence-corrected chi connectivity index (χ0v) is 43.5. The van der Waals surface area contributed by atoms with Crippen molar-refractivity contribution in [3.05, 3.63) is 251 Å². The van der Waals surface area contributed by atoms with Crippen molar-refractivity contribution < 1.29 is 85.6 Å². The van der Waals surface area contributed by atoms with Crippen LogP contribution in [0.4, 0.5) is 0 Å². The Bertz CT molecular complexity index is 3330. The van der Waals surface area contributed by atoms with E-state index in [0.717, 1.165) is 0 Å². The smallest absolute Gasteiger partial charge is 0.338 e. The molecule has 10 rings (SSSR count). The second kappa shape index (κ2) is 26.3. The average molecular weight is 1110 g/mol. The lowest BCUT2D eigenvalue weighted by molar-refractivity contribution is -0.364. The molecule has 0 aliphatic carbocycles. The van der Waals surface area contributed by atoms with Gasteiger partial charge in [0.2, 0.25) is 0 Å². The molecule has 3 fully saturated rings. The molecule has 0 amide bonds. The number of rotatable bonds is 19. The minimum atomic E-state index is -2.12. The Labute approximate surface area is 470 Å². The molecule has 1 unspecified atom stereocenters. The standard InChI is InChI=1S/C64H52O18/c1-2-38-73-64(47-36-22-9-23-37-47)81-55-53(78-60(69)45-32-18-7-19-33-45)51(49(75-63(55)82-64)40-72-57(66)42-26-12-4-13-27-42)80-62-54(79-61(70)46-34-20-8-21-35-46)52(77-59(68)44-30-16-6-17-31-44)50(76-58(67)43-28-14-5-15-29-43)48(74-62)39-71-56(65)41-24-10-3-11-25-41/h1,3-37,48-55,62-63H,38-40H2/t48-,49-,50-,51-,52+,53+,54-,55-,62+,63-,64?/m1/s1. The first-order valence-corrected chi connectivity index (χ1v) is 26.0. The fourth-order valence-electron chi connectivity index (χ4n) is 9.33. The molecular formula is C64H52O18. The highest BCUT2D eigenvalue weighted by molar-refractivity contribution is 5.92. The van der Waals surface area contributed by atoms with E-state index in [1.165, 1.54) is 72.8 Å². The third-order valence-corrected chi connectivity index (χ3v) is 13.3. The van der Waals surface area contributed by atoms with Crippen LogP contribution in [0, 0.1) is 12.3 Å². The van der Waals surface area contributed by atoms with Crippen molar-refractivity contribution in [1.29, 1.82) is 0 Å². The van der Waals surface area contributed by atoms with Crippen molar-refractivity contribution in [2.24, 2.45) is 0 Å². The van der Waals surface area contributed by atoms with Crippen molar-refractivity contribution in [1.82, 2.24) is 0 Å². The van der Waals surface area contributed by atoms with E-state index >= 15 is 0 Å². The molecular weight excluding hydrogens is 1060 g/mol. The highest BCUT2D eigenvalue weighted by Crippen LogP contribution is 2.46. The lowest BCUT2D eigenvalue weighted by atomic mass is 9.95. The molecule has 82 heavy (non-hydrogen) atoms.